The zero-order chi connectivity index (χ0) is 20.9. The number of piperidine rings is 1. The van der Waals surface area contributed by atoms with Gasteiger partial charge in [0.05, 0.1) is 11.9 Å². The Labute approximate surface area is 171 Å². The average molecular weight is 411 g/mol. The number of benzene rings is 1. The lowest BCUT2D eigenvalue weighted by molar-refractivity contribution is -0.136. The Morgan fingerprint density at radius 3 is 2.77 bits per heavy atom. The van der Waals surface area contributed by atoms with E-state index in [0.717, 1.165) is 5.56 Å². The zero-order valence-electron chi connectivity index (χ0n) is 16.2. The Morgan fingerprint density at radius 2 is 2.00 bits per heavy atom. The first-order chi connectivity index (χ1) is 14.4. The minimum absolute atomic E-state index is 0.220. The molecule has 3 amide bonds. The van der Waals surface area contributed by atoms with Gasteiger partial charge in [-0.15, -0.1) is 5.10 Å². The van der Waals surface area contributed by atoms with Gasteiger partial charge in [-0.25, -0.2) is 4.68 Å². The van der Waals surface area contributed by atoms with Crippen molar-refractivity contribution in [1.29, 1.82) is 0 Å². The van der Waals surface area contributed by atoms with Crippen LogP contribution in [0, 0.1) is 0 Å². The van der Waals surface area contributed by atoms with Crippen molar-refractivity contribution in [2.45, 2.75) is 43.9 Å². The third-order valence-corrected chi connectivity index (χ3v) is 6.07. The van der Waals surface area contributed by atoms with Gasteiger partial charge >= 0.3 is 0 Å². The Bertz CT molecular complexity index is 1040. The average Bonchev–Trinajstić information content (AvgIpc) is 3.35. The number of aliphatic hydroxyl groups is 1. The summed E-state index contributed by atoms with van der Waals surface area (Å²) in [6, 6.07) is 4.73. The van der Waals surface area contributed by atoms with Gasteiger partial charge in [-0.3, -0.25) is 19.7 Å². The molecule has 156 valence electrons. The van der Waals surface area contributed by atoms with Gasteiger partial charge in [-0.2, -0.15) is 0 Å². The lowest BCUT2D eigenvalue weighted by atomic mass is 9.91. The van der Waals surface area contributed by atoms with Crippen LogP contribution in [0.15, 0.2) is 24.4 Å². The second-order valence-electron chi connectivity index (χ2n) is 7.93. The van der Waals surface area contributed by atoms with Crippen molar-refractivity contribution in [3.8, 4) is 5.69 Å². The number of amides is 3. The largest absolute Gasteiger partial charge is 0.383 e. The fourth-order valence-electron chi connectivity index (χ4n) is 4.25. The van der Waals surface area contributed by atoms with Crippen LogP contribution in [0.25, 0.3) is 5.69 Å². The summed E-state index contributed by atoms with van der Waals surface area (Å²) >= 11 is 0. The lowest BCUT2D eigenvalue weighted by Gasteiger charge is -2.29. The quantitative estimate of drug-likeness (QED) is 0.682. The molecule has 10 heteroatoms. The van der Waals surface area contributed by atoms with Crippen LogP contribution >= 0.6 is 0 Å². The first-order valence-corrected chi connectivity index (χ1v) is 9.95. The normalized spacial score (nSPS) is 23.4. The molecule has 2 fully saturated rings. The summed E-state index contributed by atoms with van der Waals surface area (Å²) in [6.45, 7) is 1.25. The second kappa shape index (κ2) is 6.99. The molecule has 1 aromatic heterocycles. The van der Waals surface area contributed by atoms with Gasteiger partial charge in [-0.1, -0.05) is 11.3 Å². The maximum Gasteiger partial charge on any atom is 0.255 e. The van der Waals surface area contributed by atoms with Gasteiger partial charge in [0.1, 0.15) is 17.3 Å². The van der Waals surface area contributed by atoms with Crippen LogP contribution in [0.3, 0.4) is 0 Å². The predicted molar refractivity (Wildman–Crippen MR) is 101 cm³/mol. The number of fused-ring (bicyclic) bond motifs is 1. The molecule has 0 aliphatic carbocycles. The number of nitrogens with zero attached hydrogens (tertiary/aromatic N) is 4. The highest BCUT2D eigenvalue weighted by molar-refractivity contribution is 6.05. The Balaban J connectivity index is 1.39. The van der Waals surface area contributed by atoms with Gasteiger partial charge in [0.25, 0.3) is 5.91 Å². The van der Waals surface area contributed by atoms with E-state index in [1.54, 1.807) is 12.3 Å². The zero-order valence-corrected chi connectivity index (χ0v) is 16.2. The first-order valence-electron chi connectivity index (χ1n) is 9.95. The molecule has 1 aromatic carbocycles. The lowest BCUT2D eigenvalue weighted by Crippen LogP contribution is -2.52. The highest BCUT2D eigenvalue weighted by atomic mass is 16.5. The number of carbonyl (C=O) groups is 3. The molecular formula is C20H21N5O5. The van der Waals surface area contributed by atoms with Crippen LogP contribution in [-0.2, 0) is 26.5 Å². The molecule has 30 heavy (non-hydrogen) atoms. The van der Waals surface area contributed by atoms with E-state index in [1.807, 2.05) is 12.1 Å². The van der Waals surface area contributed by atoms with Crippen LogP contribution in [0.5, 0.6) is 0 Å². The van der Waals surface area contributed by atoms with Crippen molar-refractivity contribution in [2.24, 2.45) is 0 Å². The number of imide groups is 1. The van der Waals surface area contributed by atoms with Crippen LogP contribution in [0.2, 0.25) is 0 Å². The van der Waals surface area contributed by atoms with Crippen molar-refractivity contribution in [3.63, 3.8) is 0 Å². The standard InChI is InChI=1S/C20H21N5O5/c26-17-4-3-15(18(27)21-17)24-10-12-1-2-13(9-14(12)19(24)28)25-11-16(22-23-25)20(29)5-7-30-8-6-20/h1-2,9,11,15,29H,3-8,10H2,(H,21,26,27). The molecule has 0 saturated carbocycles. The molecule has 3 aliphatic rings. The maximum atomic E-state index is 13.0. The van der Waals surface area contributed by atoms with E-state index in [1.165, 1.54) is 9.58 Å². The minimum atomic E-state index is -1.06. The topological polar surface area (TPSA) is 127 Å². The number of rotatable bonds is 3. The number of ether oxygens (including phenoxy) is 1. The van der Waals surface area contributed by atoms with Crippen LogP contribution < -0.4 is 5.32 Å². The van der Waals surface area contributed by atoms with Crippen LogP contribution in [0.1, 0.15) is 47.3 Å². The number of nitrogens with one attached hydrogen (secondary N) is 1. The summed E-state index contributed by atoms with van der Waals surface area (Å²) in [7, 11) is 0. The molecule has 0 radical (unpaired) electrons. The second-order valence-corrected chi connectivity index (χ2v) is 7.93. The first kappa shape index (κ1) is 18.9. The molecule has 5 rings (SSSR count). The molecule has 0 spiro atoms. The third-order valence-electron chi connectivity index (χ3n) is 6.07. The van der Waals surface area contributed by atoms with Gasteiger partial charge in [0, 0.05) is 44.6 Å². The summed E-state index contributed by atoms with van der Waals surface area (Å²) in [6.07, 6.45) is 3.12. The molecule has 0 bridgehead atoms. The van der Waals surface area contributed by atoms with E-state index in [-0.39, 0.29) is 18.2 Å². The fourth-order valence-corrected chi connectivity index (χ4v) is 4.25. The van der Waals surface area contributed by atoms with Crippen molar-refractivity contribution < 1.29 is 24.2 Å². The third kappa shape index (κ3) is 3.08. The van der Waals surface area contributed by atoms with Crippen molar-refractivity contribution in [2.75, 3.05) is 13.2 Å². The van der Waals surface area contributed by atoms with Gasteiger partial charge < -0.3 is 14.7 Å². The molecule has 1 unspecified atom stereocenters. The van der Waals surface area contributed by atoms with Gasteiger partial charge in [0.15, 0.2) is 0 Å². The highest BCUT2D eigenvalue weighted by Gasteiger charge is 2.39. The Morgan fingerprint density at radius 1 is 1.20 bits per heavy atom. The summed E-state index contributed by atoms with van der Waals surface area (Å²) in [5, 5.41) is 21.4. The van der Waals surface area contributed by atoms with E-state index in [2.05, 4.69) is 15.6 Å². The summed E-state index contributed by atoms with van der Waals surface area (Å²) in [5.41, 5.74) is 1.37. The summed E-state index contributed by atoms with van der Waals surface area (Å²) in [4.78, 5) is 38.1. The smallest absolute Gasteiger partial charge is 0.255 e. The Hall–Kier alpha value is -3.11. The molecule has 2 saturated heterocycles. The molecule has 10 nitrogen and oxygen atoms in total. The number of hydrogen-bond acceptors (Lipinski definition) is 7. The number of hydrogen-bond donors (Lipinski definition) is 2. The monoisotopic (exact) mass is 411 g/mol. The molecule has 2 aromatic rings. The van der Waals surface area contributed by atoms with E-state index in [9.17, 15) is 19.5 Å². The fraction of sp³-hybridized carbons (Fsp3) is 0.450. The van der Waals surface area contributed by atoms with Crippen LogP contribution in [0.4, 0.5) is 0 Å². The molecule has 2 N–H and O–H groups in total. The van der Waals surface area contributed by atoms with E-state index in [4.69, 9.17) is 4.74 Å². The summed E-state index contributed by atoms with van der Waals surface area (Å²) in [5.74, 6) is -0.987. The van der Waals surface area contributed by atoms with Crippen molar-refractivity contribution in [3.05, 3.63) is 41.2 Å². The van der Waals surface area contributed by atoms with Crippen molar-refractivity contribution in [1.82, 2.24) is 25.2 Å². The molecule has 4 heterocycles. The molecular weight excluding hydrogens is 390 g/mol. The van der Waals surface area contributed by atoms with Gasteiger partial charge in [0.2, 0.25) is 11.8 Å². The number of aromatic nitrogens is 3. The predicted octanol–water partition coefficient (Wildman–Crippen LogP) is 0.0263. The van der Waals surface area contributed by atoms with Gasteiger partial charge in [-0.05, 0) is 24.1 Å². The van der Waals surface area contributed by atoms with E-state index < -0.39 is 17.6 Å². The molecule has 1 atom stereocenters. The number of carbonyl (C=O) groups excluding carboxylic acids is 3. The highest BCUT2D eigenvalue weighted by Crippen LogP contribution is 2.32. The Kier molecular flexibility index (Phi) is 4.40. The minimum Gasteiger partial charge on any atom is -0.383 e. The maximum absolute atomic E-state index is 13.0. The van der Waals surface area contributed by atoms with Crippen molar-refractivity contribution >= 4 is 17.7 Å². The summed E-state index contributed by atoms with van der Waals surface area (Å²) < 4.78 is 6.84. The molecule has 3 aliphatic heterocycles. The van der Waals surface area contributed by atoms with E-state index >= 15 is 0 Å². The van der Waals surface area contributed by atoms with E-state index in [0.29, 0.717) is 56.0 Å². The SMILES string of the molecule is O=C1CCC(N2Cc3ccc(-n4cc(C5(O)CCOCC5)nn4)cc3C2=O)C(=O)N1. The van der Waals surface area contributed by atoms with Crippen LogP contribution in [-0.4, -0.2) is 62.0 Å².